The van der Waals surface area contributed by atoms with Crippen LogP contribution in [0.4, 0.5) is 5.69 Å². The molecule has 0 bridgehead atoms. The summed E-state index contributed by atoms with van der Waals surface area (Å²) in [5, 5.41) is 3.65. The minimum atomic E-state index is -3.49. The Balaban J connectivity index is 1.28. The Labute approximate surface area is 205 Å². The molecule has 34 heavy (non-hydrogen) atoms. The van der Waals surface area contributed by atoms with Gasteiger partial charge in [0.15, 0.2) is 0 Å². The maximum Gasteiger partial charge on any atom is 0.243 e. The van der Waals surface area contributed by atoms with Gasteiger partial charge < -0.3 is 5.32 Å². The van der Waals surface area contributed by atoms with E-state index < -0.39 is 10.0 Å². The SMILES string of the molecule is O=C(CCSc1cc(-c2ccccc2)ncn1)Nc1ccc(S(=O)(=O)N2CCCCCC2)cc1. The minimum absolute atomic E-state index is 0.132. The molecule has 2 aromatic carbocycles. The highest BCUT2D eigenvalue weighted by Crippen LogP contribution is 2.24. The van der Waals surface area contributed by atoms with E-state index >= 15 is 0 Å². The summed E-state index contributed by atoms with van der Waals surface area (Å²) in [6.45, 7) is 1.13. The Kier molecular flexibility index (Phi) is 8.31. The first-order valence-corrected chi connectivity index (χ1v) is 13.9. The summed E-state index contributed by atoms with van der Waals surface area (Å²) in [4.78, 5) is 21.2. The normalized spacial score (nSPS) is 14.9. The number of hydrogen-bond donors (Lipinski definition) is 1. The van der Waals surface area contributed by atoms with Crippen molar-refractivity contribution in [2.24, 2.45) is 0 Å². The van der Waals surface area contributed by atoms with Crippen LogP contribution in [0.3, 0.4) is 0 Å². The van der Waals surface area contributed by atoms with Gasteiger partial charge in [-0.1, -0.05) is 43.2 Å². The number of hydrogen-bond acceptors (Lipinski definition) is 6. The molecule has 2 heterocycles. The van der Waals surface area contributed by atoms with E-state index in [1.807, 2.05) is 36.4 Å². The number of carbonyl (C=O) groups is 1. The zero-order valence-electron chi connectivity index (χ0n) is 18.9. The number of rotatable bonds is 8. The first kappa shape index (κ1) is 24.4. The first-order chi connectivity index (χ1) is 16.5. The molecule has 9 heteroatoms. The Hall–Kier alpha value is -2.75. The first-order valence-electron chi connectivity index (χ1n) is 11.4. The lowest BCUT2D eigenvalue weighted by Gasteiger charge is -2.20. The van der Waals surface area contributed by atoms with Gasteiger partial charge in [-0.05, 0) is 43.2 Å². The summed E-state index contributed by atoms with van der Waals surface area (Å²) in [6, 6.07) is 18.2. The van der Waals surface area contributed by atoms with Crippen LogP contribution in [0.1, 0.15) is 32.1 Å². The van der Waals surface area contributed by atoms with Gasteiger partial charge in [0.2, 0.25) is 15.9 Å². The zero-order chi connectivity index (χ0) is 23.8. The topological polar surface area (TPSA) is 92.3 Å². The van der Waals surface area contributed by atoms with E-state index in [9.17, 15) is 13.2 Å². The van der Waals surface area contributed by atoms with Crippen LogP contribution in [0.15, 0.2) is 76.9 Å². The fourth-order valence-corrected chi connectivity index (χ4v) is 6.13. The lowest BCUT2D eigenvalue weighted by atomic mass is 10.1. The molecule has 0 unspecified atom stereocenters. The van der Waals surface area contributed by atoms with Crippen LogP contribution in [0.5, 0.6) is 0 Å². The van der Waals surface area contributed by atoms with Crippen molar-refractivity contribution in [3.05, 3.63) is 67.0 Å². The lowest BCUT2D eigenvalue weighted by molar-refractivity contribution is -0.115. The van der Waals surface area contributed by atoms with Crippen LogP contribution in [-0.2, 0) is 14.8 Å². The number of anilines is 1. The van der Waals surface area contributed by atoms with Crippen LogP contribution >= 0.6 is 11.8 Å². The Morgan fingerprint density at radius 3 is 2.35 bits per heavy atom. The second-order valence-electron chi connectivity index (χ2n) is 8.10. The number of nitrogens with one attached hydrogen (secondary N) is 1. The lowest BCUT2D eigenvalue weighted by Crippen LogP contribution is -2.31. The summed E-state index contributed by atoms with van der Waals surface area (Å²) in [5.74, 6) is 0.436. The molecule has 0 spiro atoms. The fourth-order valence-electron chi connectivity index (χ4n) is 3.80. The van der Waals surface area contributed by atoms with Crippen LogP contribution in [0.2, 0.25) is 0 Å². The van der Waals surface area contributed by atoms with Gasteiger partial charge in [0.25, 0.3) is 0 Å². The van der Waals surface area contributed by atoms with E-state index in [2.05, 4.69) is 15.3 Å². The highest BCUT2D eigenvalue weighted by Gasteiger charge is 2.25. The van der Waals surface area contributed by atoms with Gasteiger partial charge >= 0.3 is 0 Å². The van der Waals surface area contributed by atoms with Crippen molar-refractivity contribution in [3.63, 3.8) is 0 Å². The van der Waals surface area contributed by atoms with E-state index in [1.165, 1.54) is 18.1 Å². The third-order valence-corrected chi connectivity index (χ3v) is 8.47. The van der Waals surface area contributed by atoms with Gasteiger partial charge in [-0.2, -0.15) is 4.31 Å². The third-order valence-electron chi connectivity index (χ3n) is 5.63. The van der Waals surface area contributed by atoms with Crippen molar-refractivity contribution in [2.75, 3.05) is 24.2 Å². The maximum atomic E-state index is 12.9. The molecule has 1 aliphatic heterocycles. The van der Waals surface area contributed by atoms with E-state index in [0.717, 1.165) is 42.0 Å². The highest BCUT2D eigenvalue weighted by atomic mass is 32.2. The van der Waals surface area contributed by atoms with Crippen molar-refractivity contribution in [1.29, 1.82) is 0 Å². The van der Waals surface area contributed by atoms with Crippen molar-refractivity contribution in [2.45, 2.75) is 42.0 Å². The molecule has 4 rings (SSSR count). The van der Waals surface area contributed by atoms with Crippen LogP contribution in [0, 0.1) is 0 Å². The summed E-state index contributed by atoms with van der Waals surface area (Å²) < 4.78 is 27.3. The molecule has 7 nitrogen and oxygen atoms in total. The predicted molar refractivity (Wildman–Crippen MR) is 135 cm³/mol. The molecule has 178 valence electrons. The number of sulfonamides is 1. The van der Waals surface area contributed by atoms with E-state index in [4.69, 9.17) is 0 Å². The molecule has 1 fully saturated rings. The van der Waals surface area contributed by atoms with Gasteiger partial charge in [-0.15, -0.1) is 11.8 Å². The average Bonchev–Trinajstić information content (AvgIpc) is 3.16. The summed E-state index contributed by atoms with van der Waals surface area (Å²) >= 11 is 1.49. The van der Waals surface area contributed by atoms with Gasteiger partial charge in [0, 0.05) is 36.5 Å². The van der Waals surface area contributed by atoms with Crippen LogP contribution < -0.4 is 5.32 Å². The average molecular weight is 497 g/mol. The number of benzene rings is 2. The van der Waals surface area contributed by atoms with E-state index in [-0.39, 0.29) is 10.8 Å². The number of thioether (sulfide) groups is 1. The van der Waals surface area contributed by atoms with Crippen molar-refractivity contribution < 1.29 is 13.2 Å². The van der Waals surface area contributed by atoms with Gasteiger partial charge in [-0.25, -0.2) is 18.4 Å². The molecular formula is C25H28N4O3S2. The standard InChI is InChI=1S/C25H28N4O3S2/c30-24(14-17-33-25-18-23(26-19-27-25)20-8-4-3-5-9-20)28-21-10-12-22(13-11-21)34(31,32)29-15-6-1-2-7-16-29/h3-5,8-13,18-19H,1-2,6-7,14-17H2,(H,28,30). The minimum Gasteiger partial charge on any atom is -0.326 e. The highest BCUT2D eigenvalue weighted by molar-refractivity contribution is 7.99. The fraction of sp³-hybridized carbons (Fsp3) is 0.320. The smallest absolute Gasteiger partial charge is 0.243 e. The molecule has 1 N–H and O–H groups in total. The Bertz CT molecular complexity index is 1190. The molecule has 1 aliphatic rings. The Morgan fingerprint density at radius 2 is 1.65 bits per heavy atom. The monoisotopic (exact) mass is 496 g/mol. The van der Waals surface area contributed by atoms with Crippen LogP contribution in [-0.4, -0.2) is 47.4 Å². The molecule has 0 radical (unpaired) electrons. The Morgan fingerprint density at radius 1 is 0.941 bits per heavy atom. The largest absolute Gasteiger partial charge is 0.326 e. The van der Waals surface area contributed by atoms with E-state index in [0.29, 0.717) is 31.0 Å². The molecule has 1 saturated heterocycles. The molecule has 3 aromatic rings. The quantitative estimate of drug-likeness (QED) is 0.355. The van der Waals surface area contributed by atoms with Gasteiger partial charge in [0.1, 0.15) is 6.33 Å². The number of amides is 1. The molecular weight excluding hydrogens is 468 g/mol. The molecule has 1 aromatic heterocycles. The molecule has 1 amide bonds. The van der Waals surface area contributed by atoms with Gasteiger partial charge in [0.05, 0.1) is 15.6 Å². The predicted octanol–water partition coefficient (Wildman–Crippen LogP) is 4.83. The summed E-state index contributed by atoms with van der Waals surface area (Å²) in [7, 11) is -3.49. The van der Waals surface area contributed by atoms with E-state index in [1.54, 1.807) is 28.6 Å². The second-order valence-corrected chi connectivity index (χ2v) is 11.1. The zero-order valence-corrected chi connectivity index (χ0v) is 20.5. The van der Waals surface area contributed by atoms with Crippen molar-refractivity contribution >= 4 is 33.4 Å². The number of nitrogens with zero attached hydrogens (tertiary/aromatic N) is 3. The van der Waals surface area contributed by atoms with Crippen molar-refractivity contribution in [1.82, 2.24) is 14.3 Å². The molecule has 0 atom stereocenters. The maximum absolute atomic E-state index is 12.9. The number of aromatic nitrogens is 2. The second kappa shape index (κ2) is 11.6. The van der Waals surface area contributed by atoms with Gasteiger partial charge in [-0.3, -0.25) is 4.79 Å². The van der Waals surface area contributed by atoms with Crippen molar-refractivity contribution in [3.8, 4) is 11.3 Å². The third kappa shape index (κ3) is 6.43. The summed E-state index contributed by atoms with van der Waals surface area (Å²) in [5.41, 5.74) is 2.45. The summed E-state index contributed by atoms with van der Waals surface area (Å²) in [6.07, 6.45) is 5.78. The molecule has 0 aliphatic carbocycles. The number of carbonyl (C=O) groups excluding carboxylic acids is 1. The molecule has 0 saturated carbocycles. The van der Waals surface area contributed by atoms with Crippen LogP contribution in [0.25, 0.3) is 11.3 Å².